The molecule has 2 aromatic heterocycles. The Labute approximate surface area is 114 Å². The highest BCUT2D eigenvalue weighted by Gasteiger charge is 2.11. The summed E-state index contributed by atoms with van der Waals surface area (Å²) in [5.41, 5.74) is 7.73. The van der Waals surface area contributed by atoms with E-state index in [1.54, 1.807) is 24.3 Å². The van der Waals surface area contributed by atoms with Crippen LogP contribution in [0.4, 0.5) is 5.69 Å². The fourth-order valence-corrected chi connectivity index (χ4v) is 1.69. The van der Waals surface area contributed by atoms with Crippen LogP contribution in [0, 0.1) is 0 Å². The first kappa shape index (κ1) is 11.7. The average Bonchev–Trinajstić information content (AvgIpc) is 2.90. The lowest BCUT2D eigenvalue weighted by molar-refractivity contribution is 0.431. The molecule has 19 heavy (non-hydrogen) atoms. The van der Waals surface area contributed by atoms with Crippen LogP contribution in [0.25, 0.3) is 23.0 Å². The largest absolute Gasteiger partial charge is 0.399 e. The first-order chi connectivity index (χ1) is 9.22. The van der Waals surface area contributed by atoms with Crippen molar-refractivity contribution in [2.75, 3.05) is 5.73 Å². The molecule has 0 aliphatic carbocycles. The van der Waals surface area contributed by atoms with Crippen molar-refractivity contribution in [3.8, 4) is 23.0 Å². The SMILES string of the molecule is Nc1ccc(-c2noc(-c3ccc(Cl)cn3)n2)cc1. The Morgan fingerprint density at radius 1 is 1.05 bits per heavy atom. The number of benzene rings is 1. The second-order valence-electron chi connectivity index (χ2n) is 3.91. The zero-order chi connectivity index (χ0) is 13.2. The zero-order valence-electron chi connectivity index (χ0n) is 9.75. The molecule has 0 radical (unpaired) electrons. The first-order valence-corrected chi connectivity index (χ1v) is 5.92. The lowest BCUT2D eigenvalue weighted by atomic mass is 10.2. The molecule has 94 valence electrons. The number of pyridine rings is 1. The summed E-state index contributed by atoms with van der Waals surface area (Å²) in [5, 5.41) is 4.47. The van der Waals surface area contributed by atoms with Gasteiger partial charge in [0.15, 0.2) is 0 Å². The Balaban J connectivity index is 1.95. The van der Waals surface area contributed by atoms with Gasteiger partial charge in [0.2, 0.25) is 5.82 Å². The van der Waals surface area contributed by atoms with Gasteiger partial charge in [-0.3, -0.25) is 0 Å². The summed E-state index contributed by atoms with van der Waals surface area (Å²) in [4.78, 5) is 8.41. The maximum absolute atomic E-state index is 5.77. The number of rotatable bonds is 2. The quantitative estimate of drug-likeness (QED) is 0.726. The van der Waals surface area contributed by atoms with Crippen LogP contribution in [-0.2, 0) is 0 Å². The van der Waals surface area contributed by atoms with Crippen molar-refractivity contribution in [3.05, 3.63) is 47.6 Å². The molecule has 5 nitrogen and oxygen atoms in total. The lowest BCUT2D eigenvalue weighted by Crippen LogP contribution is -1.86. The van der Waals surface area contributed by atoms with Gasteiger partial charge in [0.1, 0.15) is 5.69 Å². The molecule has 0 aliphatic rings. The third-order valence-corrected chi connectivity index (χ3v) is 2.76. The fraction of sp³-hybridized carbons (Fsp3) is 0. The van der Waals surface area contributed by atoms with Crippen LogP contribution in [0.1, 0.15) is 0 Å². The van der Waals surface area contributed by atoms with Crippen molar-refractivity contribution >= 4 is 17.3 Å². The molecule has 3 rings (SSSR count). The van der Waals surface area contributed by atoms with E-state index in [0.29, 0.717) is 28.1 Å². The van der Waals surface area contributed by atoms with Crippen molar-refractivity contribution in [3.63, 3.8) is 0 Å². The molecule has 0 atom stereocenters. The molecule has 0 bridgehead atoms. The van der Waals surface area contributed by atoms with Crippen LogP contribution in [-0.4, -0.2) is 15.1 Å². The van der Waals surface area contributed by atoms with Gasteiger partial charge in [0, 0.05) is 17.4 Å². The predicted octanol–water partition coefficient (Wildman–Crippen LogP) is 3.03. The Hall–Kier alpha value is -2.40. The highest BCUT2D eigenvalue weighted by molar-refractivity contribution is 6.30. The Morgan fingerprint density at radius 3 is 2.53 bits per heavy atom. The van der Waals surface area contributed by atoms with E-state index < -0.39 is 0 Å². The van der Waals surface area contributed by atoms with E-state index in [4.69, 9.17) is 21.9 Å². The highest BCUT2D eigenvalue weighted by Crippen LogP contribution is 2.22. The molecule has 0 spiro atoms. The normalized spacial score (nSPS) is 10.6. The molecule has 3 aromatic rings. The van der Waals surface area contributed by atoms with Gasteiger partial charge in [-0.1, -0.05) is 16.8 Å². The van der Waals surface area contributed by atoms with Gasteiger partial charge in [-0.15, -0.1) is 0 Å². The van der Waals surface area contributed by atoms with E-state index in [9.17, 15) is 0 Å². The van der Waals surface area contributed by atoms with Crippen LogP contribution in [0.5, 0.6) is 0 Å². The van der Waals surface area contributed by atoms with Gasteiger partial charge >= 0.3 is 0 Å². The van der Waals surface area contributed by atoms with E-state index in [0.717, 1.165) is 5.56 Å². The molecule has 0 aliphatic heterocycles. The van der Waals surface area contributed by atoms with E-state index in [1.165, 1.54) is 6.20 Å². The molecule has 0 saturated carbocycles. The predicted molar refractivity (Wildman–Crippen MR) is 72.4 cm³/mol. The Bertz CT molecular complexity index is 631. The van der Waals surface area contributed by atoms with Crippen molar-refractivity contribution in [1.82, 2.24) is 15.1 Å². The van der Waals surface area contributed by atoms with Crippen molar-refractivity contribution < 1.29 is 4.52 Å². The maximum Gasteiger partial charge on any atom is 0.276 e. The van der Waals surface area contributed by atoms with E-state index in [-0.39, 0.29) is 0 Å². The first-order valence-electron chi connectivity index (χ1n) is 5.54. The maximum atomic E-state index is 5.77. The summed E-state index contributed by atoms with van der Waals surface area (Å²) in [6.45, 7) is 0. The minimum absolute atomic E-state index is 0.350. The third-order valence-electron chi connectivity index (χ3n) is 2.54. The van der Waals surface area contributed by atoms with Gasteiger partial charge in [0.05, 0.1) is 5.02 Å². The van der Waals surface area contributed by atoms with Crippen LogP contribution in [0.3, 0.4) is 0 Å². The van der Waals surface area contributed by atoms with Crippen molar-refractivity contribution in [2.24, 2.45) is 0 Å². The second kappa shape index (κ2) is 4.70. The minimum atomic E-state index is 0.350. The number of anilines is 1. The molecule has 2 N–H and O–H groups in total. The molecule has 1 aromatic carbocycles. The van der Waals surface area contributed by atoms with Gasteiger partial charge < -0.3 is 10.3 Å². The molecule has 0 fully saturated rings. The Morgan fingerprint density at radius 2 is 1.84 bits per heavy atom. The molecular formula is C13H9ClN4O. The van der Waals surface area contributed by atoms with Crippen LogP contribution in [0.2, 0.25) is 5.02 Å². The fourth-order valence-electron chi connectivity index (χ4n) is 1.58. The molecule has 2 heterocycles. The smallest absolute Gasteiger partial charge is 0.276 e. The zero-order valence-corrected chi connectivity index (χ0v) is 10.5. The molecule has 0 unspecified atom stereocenters. The van der Waals surface area contributed by atoms with Gasteiger partial charge in [-0.25, -0.2) is 4.98 Å². The molecular weight excluding hydrogens is 264 g/mol. The number of aromatic nitrogens is 3. The summed E-state index contributed by atoms with van der Waals surface area (Å²) < 4.78 is 5.18. The van der Waals surface area contributed by atoms with Crippen LogP contribution in [0.15, 0.2) is 47.1 Å². The number of halogens is 1. The van der Waals surface area contributed by atoms with Crippen LogP contribution >= 0.6 is 11.6 Å². The average molecular weight is 273 g/mol. The number of nitrogens with zero attached hydrogens (tertiary/aromatic N) is 3. The number of hydrogen-bond acceptors (Lipinski definition) is 5. The minimum Gasteiger partial charge on any atom is -0.399 e. The summed E-state index contributed by atoms with van der Waals surface area (Å²) in [6.07, 6.45) is 1.53. The van der Waals surface area contributed by atoms with Crippen molar-refractivity contribution in [1.29, 1.82) is 0 Å². The molecule has 0 saturated heterocycles. The molecule has 6 heteroatoms. The summed E-state index contributed by atoms with van der Waals surface area (Å²) in [5.74, 6) is 0.843. The summed E-state index contributed by atoms with van der Waals surface area (Å²) in [6, 6.07) is 10.7. The molecule has 0 amide bonds. The number of nitrogen functional groups attached to an aromatic ring is 1. The van der Waals surface area contributed by atoms with Gasteiger partial charge in [-0.05, 0) is 36.4 Å². The van der Waals surface area contributed by atoms with E-state index in [1.807, 2.05) is 12.1 Å². The second-order valence-corrected chi connectivity index (χ2v) is 4.34. The van der Waals surface area contributed by atoms with Crippen LogP contribution < -0.4 is 5.73 Å². The topological polar surface area (TPSA) is 77.8 Å². The van der Waals surface area contributed by atoms with Gasteiger partial charge in [0.25, 0.3) is 5.89 Å². The number of hydrogen-bond donors (Lipinski definition) is 1. The van der Waals surface area contributed by atoms with E-state index >= 15 is 0 Å². The van der Waals surface area contributed by atoms with Crippen molar-refractivity contribution in [2.45, 2.75) is 0 Å². The lowest BCUT2D eigenvalue weighted by Gasteiger charge is -1.94. The standard InChI is InChI=1S/C13H9ClN4O/c14-9-3-6-11(16-7-9)13-17-12(18-19-13)8-1-4-10(15)5-2-8/h1-7H,15H2. The summed E-state index contributed by atoms with van der Waals surface area (Å²) >= 11 is 5.77. The Kier molecular flexibility index (Phi) is 2.89. The highest BCUT2D eigenvalue weighted by atomic mass is 35.5. The monoisotopic (exact) mass is 272 g/mol. The van der Waals surface area contributed by atoms with Gasteiger partial charge in [-0.2, -0.15) is 4.98 Å². The third kappa shape index (κ3) is 2.41. The van der Waals surface area contributed by atoms with E-state index in [2.05, 4.69) is 15.1 Å². The summed E-state index contributed by atoms with van der Waals surface area (Å²) in [7, 11) is 0. The number of nitrogens with two attached hydrogens (primary N) is 1.